The fourth-order valence-electron chi connectivity index (χ4n) is 2.96. The van der Waals surface area contributed by atoms with E-state index in [4.69, 9.17) is 0 Å². The maximum Gasteiger partial charge on any atom is 0.125 e. The Kier molecular flexibility index (Phi) is 3.76. The topological polar surface area (TPSA) is 29.9 Å². The van der Waals surface area contributed by atoms with Crippen molar-refractivity contribution < 1.29 is 0 Å². The molecular formula is C18H21N3. The molecule has 0 bridgehead atoms. The van der Waals surface area contributed by atoms with Crippen LogP contribution in [0.3, 0.4) is 0 Å². The molecule has 3 heteroatoms. The van der Waals surface area contributed by atoms with Gasteiger partial charge in [-0.05, 0) is 30.2 Å². The summed E-state index contributed by atoms with van der Waals surface area (Å²) in [4.78, 5) is 4.43. The molecule has 3 nitrogen and oxygen atoms in total. The van der Waals surface area contributed by atoms with Gasteiger partial charge in [-0.15, -0.1) is 0 Å². The number of aryl methyl sites for hydroxylation is 1. The van der Waals surface area contributed by atoms with Crippen LogP contribution in [0, 0.1) is 0 Å². The summed E-state index contributed by atoms with van der Waals surface area (Å²) < 4.78 is 2.06. The molecule has 21 heavy (non-hydrogen) atoms. The van der Waals surface area contributed by atoms with Crippen LogP contribution >= 0.6 is 0 Å². The van der Waals surface area contributed by atoms with Crippen molar-refractivity contribution in [3.05, 3.63) is 66.2 Å². The van der Waals surface area contributed by atoms with Gasteiger partial charge < -0.3 is 9.88 Å². The summed E-state index contributed by atoms with van der Waals surface area (Å²) in [7, 11) is 2.03. The van der Waals surface area contributed by atoms with Crippen LogP contribution in [0.1, 0.15) is 37.3 Å². The Morgan fingerprint density at radius 1 is 1.00 bits per heavy atom. The van der Waals surface area contributed by atoms with E-state index in [1.165, 1.54) is 16.3 Å². The Morgan fingerprint density at radius 2 is 1.76 bits per heavy atom. The molecule has 3 rings (SSSR count). The first kappa shape index (κ1) is 13.8. The number of nitrogens with one attached hydrogen (secondary N) is 1. The van der Waals surface area contributed by atoms with Crippen LogP contribution in [0.5, 0.6) is 0 Å². The summed E-state index contributed by atoms with van der Waals surface area (Å²) in [5.74, 6) is 1.06. The van der Waals surface area contributed by atoms with Gasteiger partial charge in [0.2, 0.25) is 0 Å². The molecule has 1 aromatic heterocycles. The number of hydrogen-bond acceptors (Lipinski definition) is 2. The number of fused-ring (bicyclic) bond motifs is 1. The summed E-state index contributed by atoms with van der Waals surface area (Å²) >= 11 is 0. The molecule has 2 aromatic carbocycles. The largest absolute Gasteiger partial charge is 0.337 e. The van der Waals surface area contributed by atoms with Gasteiger partial charge in [0.05, 0.1) is 6.04 Å². The maximum absolute atomic E-state index is 4.43. The summed E-state index contributed by atoms with van der Waals surface area (Å²) in [5, 5.41) is 6.25. The van der Waals surface area contributed by atoms with E-state index in [2.05, 4.69) is 71.2 Å². The lowest BCUT2D eigenvalue weighted by molar-refractivity contribution is 0.469. The van der Waals surface area contributed by atoms with E-state index in [-0.39, 0.29) is 12.1 Å². The van der Waals surface area contributed by atoms with Crippen molar-refractivity contribution >= 4 is 10.8 Å². The van der Waals surface area contributed by atoms with Gasteiger partial charge in [0, 0.05) is 25.5 Å². The molecule has 0 aliphatic carbocycles. The van der Waals surface area contributed by atoms with Gasteiger partial charge in [-0.3, -0.25) is 0 Å². The second-order valence-electron chi connectivity index (χ2n) is 5.57. The average molecular weight is 279 g/mol. The molecule has 1 N–H and O–H groups in total. The van der Waals surface area contributed by atoms with Gasteiger partial charge in [0.15, 0.2) is 0 Å². The highest BCUT2D eigenvalue weighted by molar-refractivity contribution is 5.86. The van der Waals surface area contributed by atoms with E-state index < -0.39 is 0 Å². The van der Waals surface area contributed by atoms with Crippen LogP contribution in [0.4, 0.5) is 0 Å². The summed E-state index contributed by atoms with van der Waals surface area (Å²) in [6.07, 6.45) is 3.83. The maximum atomic E-state index is 4.43. The molecule has 0 aliphatic rings. The molecule has 3 aromatic rings. The zero-order valence-corrected chi connectivity index (χ0v) is 12.7. The van der Waals surface area contributed by atoms with E-state index in [1.54, 1.807) is 0 Å². The smallest absolute Gasteiger partial charge is 0.125 e. The molecular weight excluding hydrogens is 258 g/mol. The summed E-state index contributed by atoms with van der Waals surface area (Å²) in [6.45, 7) is 4.37. The SMILES string of the molecule is CC(NC(C)c1nccn1C)c1cccc2ccccc12. The third-order valence-corrected chi connectivity index (χ3v) is 4.04. The van der Waals surface area contributed by atoms with Crippen LogP contribution in [0.25, 0.3) is 10.8 Å². The zero-order valence-electron chi connectivity index (χ0n) is 12.7. The van der Waals surface area contributed by atoms with E-state index in [0.29, 0.717) is 0 Å². The van der Waals surface area contributed by atoms with Crippen molar-refractivity contribution in [1.29, 1.82) is 0 Å². The van der Waals surface area contributed by atoms with Gasteiger partial charge in [-0.25, -0.2) is 4.98 Å². The minimum absolute atomic E-state index is 0.207. The second kappa shape index (κ2) is 5.70. The second-order valence-corrected chi connectivity index (χ2v) is 5.57. The normalized spacial score (nSPS) is 14.2. The lowest BCUT2D eigenvalue weighted by Crippen LogP contribution is -2.24. The van der Waals surface area contributed by atoms with E-state index in [1.807, 2.05) is 19.4 Å². The predicted molar refractivity (Wildman–Crippen MR) is 87.1 cm³/mol. The minimum atomic E-state index is 0.207. The highest BCUT2D eigenvalue weighted by atomic mass is 15.1. The zero-order chi connectivity index (χ0) is 14.8. The minimum Gasteiger partial charge on any atom is -0.337 e. The van der Waals surface area contributed by atoms with Crippen LogP contribution in [0.2, 0.25) is 0 Å². The first-order chi connectivity index (χ1) is 10.2. The molecule has 0 spiro atoms. The molecule has 2 unspecified atom stereocenters. The number of nitrogens with zero attached hydrogens (tertiary/aromatic N) is 2. The summed E-state index contributed by atoms with van der Waals surface area (Å²) in [6, 6.07) is 15.5. The molecule has 0 fully saturated rings. The van der Waals surface area contributed by atoms with Crippen molar-refractivity contribution in [3.63, 3.8) is 0 Å². The third-order valence-electron chi connectivity index (χ3n) is 4.04. The fraction of sp³-hybridized carbons (Fsp3) is 0.278. The number of benzene rings is 2. The third kappa shape index (κ3) is 2.69. The Bertz CT molecular complexity index is 740. The van der Waals surface area contributed by atoms with Crippen molar-refractivity contribution in [1.82, 2.24) is 14.9 Å². The number of hydrogen-bond donors (Lipinski definition) is 1. The van der Waals surface area contributed by atoms with Crippen molar-refractivity contribution in [2.45, 2.75) is 25.9 Å². The Morgan fingerprint density at radius 3 is 2.52 bits per heavy atom. The average Bonchev–Trinajstić information content (AvgIpc) is 2.92. The molecule has 0 radical (unpaired) electrons. The van der Waals surface area contributed by atoms with Gasteiger partial charge in [0.25, 0.3) is 0 Å². The van der Waals surface area contributed by atoms with Gasteiger partial charge in [-0.2, -0.15) is 0 Å². The van der Waals surface area contributed by atoms with E-state index in [0.717, 1.165) is 5.82 Å². The first-order valence-electron chi connectivity index (χ1n) is 7.37. The molecule has 0 amide bonds. The monoisotopic (exact) mass is 279 g/mol. The Labute approximate surface area is 125 Å². The fourth-order valence-corrected chi connectivity index (χ4v) is 2.96. The lowest BCUT2D eigenvalue weighted by Gasteiger charge is -2.21. The molecule has 0 aliphatic heterocycles. The van der Waals surface area contributed by atoms with Crippen LogP contribution in [0.15, 0.2) is 54.9 Å². The molecule has 108 valence electrons. The van der Waals surface area contributed by atoms with Crippen LogP contribution < -0.4 is 5.32 Å². The Hall–Kier alpha value is -2.13. The van der Waals surface area contributed by atoms with Gasteiger partial charge >= 0.3 is 0 Å². The van der Waals surface area contributed by atoms with Crippen LogP contribution in [-0.2, 0) is 7.05 Å². The van der Waals surface area contributed by atoms with E-state index >= 15 is 0 Å². The van der Waals surface area contributed by atoms with Crippen molar-refractivity contribution in [2.75, 3.05) is 0 Å². The number of rotatable bonds is 4. The number of aromatic nitrogens is 2. The van der Waals surface area contributed by atoms with Crippen molar-refractivity contribution in [3.8, 4) is 0 Å². The number of imidazole rings is 1. The standard InChI is InChI=1S/C18H21N3/c1-13(20-14(2)18-19-11-12-21(18)3)16-10-6-8-15-7-4-5-9-17(15)16/h4-14,20H,1-3H3. The highest BCUT2D eigenvalue weighted by Gasteiger charge is 2.15. The molecule has 0 saturated heterocycles. The Balaban J connectivity index is 1.87. The summed E-state index contributed by atoms with van der Waals surface area (Å²) in [5.41, 5.74) is 1.33. The molecule has 0 saturated carbocycles. The lowest BCUT2D eigenvalue weighted by atomic mass is 9.99. The van der Waals surface area contributed by atoms with Crippen molar-refractivity contribution in [2.24, 2.45) is 7.05 Å². The quantitative estimate of drug-likeness (QED) is 0.782. The predicted octanol–water partition coefficient (Wildman–Crippen LogP) is 3.99. The van der Waals surface area contributed by atoms with Crippen LogP contribution in [-0.4, -0.2) is 9.55 Å². The first-order valence-corrected chi connectivity index (χ1v) is 7.37. The van der Waals surface area contributed by atoms with E-state index in [9.17, 15) is 0 Å². The van der Waals surface area contributed by atoms with Gasteiger partial charge in [-0.1, -0.05) is 42.5 Å². The molecule has 2 atom stereocenters. The van der Waals surface area contributed by atoms with Gasteiger partial charge in [0.1, 0.15) is 5.82 Å². The highest BCUT2D eigenvalue weighted by Crippen LogP contribution is 2.25. The molecule has 1 heterocycles.